The fraction of sp³-hybridized carbons (Fsp3) is 0.316. The summed E-state index contributed by atoms with van der Waals surface area (Å²) in [6.07, 6.45) is 1.68. The molecule has 2 aromatic heterocycles. The van der Waals surface area contributed by atoms with Gasteiger partial charge < -0.3 is 19.7 Å². The molecule has 1 aromatic carbocycles. The van der Waals surface area contributed by atoms with Crippen molar-refractivity contribution in [3.05, 3.63) is 47.6 Å². The van der Waals surface area contributed by atoms with Gasteiger partial charge in [-0.1, -0.05) is 17.3 Å². The SMILES string of the molecule is Cc1cc(CO)nc(NNC(=O)Nc2cccc(-c3noc(C4CCCO4)n3)c2)n1. The molecule has 2 amide bonds. The maximum Gasteiger partial charge on any atom is 0.337 e. The van der Waals surface area contributed by atoms with Crippen molar-refractivity contribution < 1.29 is 19.2 Å². The number of hydrogen-bond acceptors (Lipinski definition) is 9. The molecule has 4 N–H and O–H groups in total. The second kappa shape index (κ2) is 8.84. The normalized spacial score (nSPS) is 15.7. The second-order valence-electron chi connectivity index (χ2n) is 6.73. The zero-order chi connectivity index (χ0) is 20.9. The maximum absolute atomic E-state index is 12.2. The molecule has 0 saturated carbocycles. The third-order valence-corrected chi connectivity index (χ3v) is 4.38. The van der Waals surface area contributed by atoms with Gasteiger partial charge in [-0.25, -0.2) is 20.2 Å². The van der Waals surface area contributed by atoms with Gasteiger partial charge >= 0.3 is 6.03 Å². The van der Waals surface area contributed by atoms with E-state index in [1.54, 1.807) is 31.2 Å². The van der Waals surface area contributed by atoms with Gasteiger partial charge in [-0.15, -0.1) is 0 Å². The average molecular weight is 411 g/mol. The molecule has 1 aliphatic rings. The monoisotopic (exact) mass is 411 g/mol. The number of nitrogens with one attached hydrogen (secondary N) is 3. The number of anilines is 2. The van der Waals surface area contributed by atoms with Gasteiger partial charge in [0, 0.05) is 23.6 Å². The molecular weight excluding hydrogens is 390 g/mol. The summed E-state index contributed by atoms with van der Waals surface area (Å²) in [5, 5.41) is 15.9. The Bertz CT molecular complexity index is 1030. The number of nitrogens with zero attached hydrogens (tertiary/aromatic N) is 4. The molecule has 1 atom stereocenters. The molecule has 30 heavy (non-hydrogen) atoms. The summed E-state index contributed by atoms with van der Waals surface area (Å²) in [6.45, 7) is 2.24. The first-order valence-corrected chi connectivity index (χ1v) is 9.45. The van der Waals surface area contributed by atoms with Crippen LogP contribution in [0.15, 0.2) is 34.9 Å². The van der Waals surface area contributed by atoms with Gasteiger partial charge in [0.05, 0.1) is 12.3 Å². The molecule has 11 heteroatoms. The molecule has 4 rings (SSSR count). The van der Waals surface area contributed by atoms with Crippen molar-refractivity contribution in [2.75, 3.05) is 17.3 Å². The van der Waals surface area contributed by atoms with Crippen LogP contribution in [0, 0.1) is 6.92 Å². The molecule has 3 aromatic rings. The number of aryl methyl sites for hydroxylation is 1. The van der Waals surface area contributed by atoms with E-state index in [0.29, 0.717) is 41.0 Å². The molecule has 0 radical (unpaired) electrons. The highest BCUT2D eigenvalue weighted by molar-refractivity contribution is 5.90. The number of hydrazine groups is 1. The molecule has 1 unspecified atom stereocenters. The predicted octanol–water partition coefficient (Wildman–Crippen LogP) is 2.33. The summed E-state index contributed by atoms with van der Waals surface area (Å²) < 4.78 is 10.9. The highest BCUT2D eigenvalue weighted by atomic mass is 16.5. The average Bonchev–Trinajstić information content (AvgIpc) is 3.44. The Morgan fingerprint density at radius 2 is 2.17 bits per heavy atom. The van der Waals surface area contributed by atoms with Crippen molar-refractivity contribution in [2.24, 2.45) is 0 Å². The van der Waals surface area contributed by atoms with Crippen molar-refractivity contribution in [2.45, 2.75) is 32.5 Å². The van der Waals surface area contributed by atoms with E-state index in [1.165, 1.54) is 0 Å². The Labute approximate surface area is 171 Å². The van der Waals surface area contributed by atoms with Gasteiger partial charge in [-0.3, -0.25) is 5.43 Å². The first-order chi connectivity index (χ1) is 14.6. The number of carbonyl (C=O) groups is 1. The van der Waals surface area contributed by atoms with Gasteiger partial charge in [-0.05, 0) is 38.0 Å². The van der Waals surface area contributed by atoms with Crippen molar-refractivity contribution in [1.29, 1.82) is 0 Å². The lowest BCUT2D eigenvalue weighted by Crippen LogP contribution is -2.34. The minimum Gasteiger partial charge on any atom is -0.390 e. The number of urea groups is 1. The summed E-state index contributed by atoms with van der Waals surface area (Å²) in [5.41, 5.74) is 7.41. The highest BCUT2D eigenvalue weighted by Crippen LogP contribution is 2.29. The molecule has 11 nitrogen and oxygen atoms in total. The standard InChI is InChI=1S/C19H21N7O4/c1-11-8-14(10-27)21-18(20-11)24-25-19(28)22-13-5-2-4-12(9-13)16-23-17(30-26-16)15-6-3-7-29-15/h2,4-5,8-9,15,27H,3,6-7,10H2,1H3,(H,20,21,24)(H2,22,25,28). The Morgan fingerprint density at radius 1 is 1.27 bits per heavy atom. The summed E-state index contributed by atoms with van der Waals surface area (Å²) in [5.74, 6) is 1.06. The number of amides is 2. The highest BCUT2D eigenvalue weighted by Gasteiger charge is 2.24. The number of ether oxygens (including phenoxy) is 1. The van der Waals surface area contributed by atoms with Crippen LogP contribution in [0.1, 0.15) is 36.2 Å². The van der Waals surface area contributed by atoms with E-state index in [1.807, 2.05) is 6.07 Å². The number of benzene rings is 1. The Kier molecular flexibility index (Phi) is 5.82. The van der Waals surface area contributed by atoms with Crippen molar-refractivity contribution in [3.8, 4) is 11.4 Å². The number of rotatable bonds is 6. The number of aromatic nitrogens is 4. The van der Waals surface area contributed by atoms with Gasteiger partial charge in [0.25, 0.3) is 5.89 Å². The fourth-order valence-corrected chi connectivity index (χ4v) is 3.04. The molecule has 1 fully saturated rings. The van der Waals surface area contributed by atoms with Crippen LogP contribution in [0.25, 0.3) is 11.4 Å². The number of aliphatic hydroxyl groups excluding tert-OH is 1. The van der Waals surface area contributed by atoms with E-state index in [9.17, 15) is 9.90 Å². The zero-order valence-corrected chi connectivity index (χ0v) is 16.3. The molecular formula is C19H21N7O4. The molecule has 0 spiro atoms. The summed E-state index contributed by atoms with van der Waals surface area (Å²) in [7, 11) is 0. The van der Waals surface area contributed by atoms with Gasteiger partial charge in [0.15, 0.2) is 0 Å². The summed E-state index contributed by atoms with van der Waals surface area (Å²) in [6, 6.07) is 8.20. The number of hydrogen-bond donors (Lipinski definition) is 4. The molecule has 1 saturated heterocycles. The van der Waals surface area contributed by atoms with Crippen LogP contribution in [-0.4, -0.2) is 37.9 Å². The second-order valence-corrected chi connectivity index (χ2v) is 6.73. The Balaban J connectivity index is 1.38. The van der Waals surface area contributed by atoms with E-state index < -0.39 is 6.03 Å². The van der Waals surface area contributed by atoms with E-state index >= 15 is 0 Å². The van der Waals surface area contributed by atoms with E-state index in [-0.39, 0.29) is 18.7 Å². The smallest absolute Gasteiger partial charge is 0.337 e. The zero-order valence-electron chi connectivity index (χ0n) is 16.3. The largest absolute Gasteiger partial charge is 0.390 e. The maximum atomic E-state index is 12.2. The van der Waals surface area contributed by atoms with Crippen molar-refractivity contribution in [1.82, 2.24) is 25.5 Å². The predicted molar refractivity (Wildman–Crippen MR) is 106 cm³/mol. The van der Waals surface area contributed by atoms with Crippen LogP contribution in [0.5, 0.6) is 0 Å². The summed E-state index contributed by atoms with van der Waals surface area (Å²) in [4.78, 5) is 24.8. The number of carbonyl (C=O) groups excluding carboxylic acids is 1. The lowest BCUT2D eigenvalue weighted by atomic mass is 10.2. The fourth-order valence-electron chi connectivity index (χ4n) is 3.04. The minimum atomic E-state index is -0.518. The van der Waals surface area contributed by atoms with Crippen molar-refractivity contribution >= 4 is 17.7 Å². The molecule has 0 bridgehead atoms. The minimum absolute atomic E-state index is 0.153. The van der Waals surface area contributed by atoms with Crippen LogP contribution in [0.2, 0.25) is 0 Å². The van der Waals surface area contributed by atoms with Crippen LogP contribution in [-0.2, 0) is 11.3 Å². The van der Waals surface area contributed by atoms with Crippen molar-refractivity contribution in [3.63, 3.8) is 0 Å². The van der Waals surface area contributed by atoms with E-state index in [4.69, 9.17) is 9.26 Å². The van der Waals surface area contributed by atoms with Crippen LogP contribution < -0.4 is 16.2 Å². The summed E-state index contributed by atoms with van der Waals surface area (Å²) >= 11 is 0. The number of aliphatic hydroxyl groups is 1. The topological polar surface area (TPSA) is 147 Å². The van der Waals surface area contributed by atoms with Crippen LogP contribution in [0.4, 0.5) is 16.4 Å². The quantitative estimate of drug-likeness (QED) is 0.449. The molecule has 3 heterocycles. The first-order valence-electron chi connectivity index (χ1n) is 9.45. The Hall–Kier alpha value is -3.57. The van der Waals surface area contributed by atoms with Crippen LogP contribution in [0.3, 0.4) is 0 Å². The molecule has 1 aliphatic heterocycles. The Morgan fingerprint density at radius 3 is 2.97 bits per heavy atom. The van der Waals surface area contributed by atoms with Gasteiger partial charge in [0.2, 0.25) is 11.8 Å². The van der Waals surface area contributed by atoms with Gasteiger partial charge in [-0.2, -0.15) is 4.98 Å². The molecule has 0 aliphatic carbocycles. The third kappa shape index (κ3) is 4.70. The van der Waals surface area contributed by atoms with Gasteiger partial charge in [0.1, 0.15) is 6.10 Å². The van der Waals surface area contributed by atoms with Crippen LogP contribution >= 0.6 is 0 Å². The van der Waals surface area contributed by atoms with E-state index in [2.05, 4.69) is 36.3 Å². The lowest BCUT2D eigenvalue weighted by Gasteiger charge is -2.10. The van der Waals surface area contributed by atoms with E-state index in [0.717, 1.165) is 12.8 Å². The lowest BCUT2D eigenvalue weighted by molar-refractivity contribution is 0.0835. The first kappa shape index (κ1) is 19.7. The third-order valence-electron chi connectivity index (χ3n) is 4.38. The molecule has 156 valence electrons.